The first-order valence-electron chi connectivity index (χ1n) is 7.20. The number of halogens is 1. The van der Waals surface area contributed by atoms with Gasteiger partial charge in [0.1, 0.15) is 11.4 Å². The average Bonchev–Trinajstić information content (AvgIpc) is 2.33. The van der Waals surface area contributed by atoms with Gasteiger partial charge in [-0.1, -0.05) is 26.7 Å². The number of carbonyl (C=O) groups excluding carboxylic acids is 1. The number of hydrogen-bond acceptors (Lipinski definition) is 2. The van der Waals surface area contributed by atoms with Crippen LogP contribution in [0.25, 0.3) is 0 Å². The summed E-state index contributed by atoms with van der Waals surface area (Å²) in [5.41, 5.74) is 6.35. The minimum atomic E-state index is -0.780. The molecule has 0 bridgehead atoms. The van der Waals surface area contributed by atoms with Crippen LogP contribution in [0.3, 0.4) is 0 Å². The molecule has 2 rings (SSSR count). The van der Waals surface area contributed by atoms with Gasteiger partial charge in [-0.05, 0) is 48.9 Å². The van der Waals surface area contributed by atoms with E-state index in [2.05, 4.69) is 12.2 Å². The van der Waals surface area contributed by atoms with Gasteiger partial charge in [-0.3, -0.25) is 4.79 Å². The smallest absolute Gasteiger partial charge is 0.243 e. The predicted octanol–water partition coefficient (Wildman–Crippen LogP) is 3.23. The molecule has 0 aliphatic heterocycles. The van der Waals surface area contributed by atoms with Gasteiger partial charge >= 0.3 is 0 Å². The lowest BCUT2D eigenvalue weighted by Crippen LogP contribution is -2.58. The van der Waals surface area contributed by atoms with Crippen LogP contribution in [0.15, 0.2) is 18.2 Å². The Morgan fingerprint density at radius 2 is 2.10 bits per heavy atom. The molecule has 0 aromatic heterocycles. The fourth-order valence-electron chi connectivity index (χ4n) is 3.32. The Kier molecular flexibility index (Phi) is 4.02. The SMILES string of the molecule is Cc1cc(F)cc(NC2(C(N)=O)CCCC(C)C2C)c1. The molecule has 1 saturated carbocycles. The molecule has 1 amide bonds. The molecule has 0 heterocycles. The first kappa shape index (κ1) is 14.8. The van der Waals surface area contributed by atoms with E-state index < -0.39 is 5.54 Å². The summed E-state index contributed by atoms with van der Waals surface area (Å²) in [6.45, 7) is 6.02. The fourth-order valence-corrected chi connectivity index (χ4v) is 3.32. The number of primary amides is 1. The molecule has 3 N–H and O–H groups in total. The van der Waals surface area contributed by atoms with Crippen LogP contribution in [-0.2, 0) is 4.79 Å². The zero-order valence-corrected chi connectivity index (χ0v) is 12.4. The highest BCUT2D eigenvalue weighted by atomic mass is 19.1. The van der Waals surface area contributed by atoms with Gasteiger partial charge in [-0.25, -0.2) is 4.39 Å². The lowest BCUT2D eigenvalue weighted by atomic mass is 9.67. The van der Waals surface area contributed by atoms with E-state index in [0.29, 0.717) is 18.0 Å². The summed E-state index contributed by atoms with van der Waals surface area (Å²) < 4.78 is 13.5. The molecule has 1 aromatic rings. The van der Waals surface area contributed by atoms with Crippen molar-refractivity contribution in [3.63, 3.8) is 0 Å². The van der Waals surface area contributed by atoms with E-state index >= 15 is 0 Å². The van der Waals surface area contributed by atoms with Crippen LogP contribution in [0.2, 0.25) is 0 Å². The third-order valence-electron chi connectivity index (χ3n) is 4.71. The van der Waals surface area contributed by atoms with E-state index in [-0.39, 0.29) is 17.6 Å². The molecule has 20 heavy (non-hydrogen) atoms. The number of hydrogen-bond donors (Lipinski definition) is 2. The van der Waals surface area contributed by atoms with Crippen LogP contribution in [0, 0.1) is 24.6 Å². The van der Waals surface area contributed by atoms with Crippen LogP contribution in [0.4, 0.5) is 10.1 Å². The summed E-state index contributed by atoms with van der Waals surface area (Å²) in [5.74, 6) is -0.113. The number of nitrogens with one attached hydrogen (secondary N) is 1. The standard InChI is InChI=1S/C16H23FN2O/c1-10-7-13(17)9-14(8-10)19-16(15(18)20)6-4-5-11(2)12(16)3/h7-9,11-12,19H,4-6H2,1-3H3,(H2,18,20). The number of benzene rings is 1. The lowest BCUT2D eigenvalue weighted by Gasteiger charge is -2.44. The number of nitrogens with two attached hydrogens (primary N) is 1. The van der Waals surface area contributed by atoms with E-state index in [1.165, 1.54) is 12.1 Å². The number of aryl methyl sites for hydroxylation is 1. The second-order valence-electron chi connectivity index (χ2n) is 6.14. The molecule has 1 fully saturated rings. The van der Waals surface area contributed by atoms with Crippen LogP contribution < -0.4 is 11.1 Å². The van der Waals surface area contributed by atoms with Crippen LogP contribution in [0.5, 0.6) is 0 Å². The minimum Gasteiger partial charge on any atom is -0.371 e. The Labute approximate surface area is 119 Å². The molecule has 0 spiro atoms. The highest BCUT2D eigenvalue weighted by Gasteiger charge is 2.46. The van der Waals surface area contributed by atoms with Gasteiger partial charge in [0.25, 0.3) is 0 Å². The van der Waals surface area contributed by atoms with Crippen molar-refractivity contribution in [2.45, 2.75) is 45.6 Å². The monoisotopic (exact) mass is 278 g/mol. The third-order valence-corrected chi connectivity index (χ3v) is 4.71. The largest absolute Gasteiger partial charge is 0.371 e. The predicted molar refractivity (Wildman–Crippen MR) is 78.9 cm³/mol. The minimum absolute atomic E-state index is 0.123. The maximum absolute atomic E-state index is 13.5. The van der Waals surface area contributed by atoms with Crippen molar-refractivity contribution < 1.29 is 9.18 Å². The summed E-state index contributed by atoms with van der Waals surface area (Å²) in [6.07, 6.45) is 2.75. The Morgan fingerprint density at radius 1 is 1.40 bits per heavy atom. The first-order valence-corrected chi connectivity index (χ1v) is 7.20. The quantitative estimate of drug-likeness (QED) is 0.892. The Bertz CT molecular complexity index is 497. The Hall–Kier alpha value is -1.58. The van der Waals surface area contributed by atoms with E-state index in [4.69, 9.17) is 5.73 Å². The highest BCUT2D eigenvalue weighted by Crippen LogP contribution is 2.40. The van der Waals surface area contributed by atoms with Gasteiger partial charge in [0.15, 0.2) is 0 Å². The maximum Gasteiger partial charge on any atom is 0.243 e. The molecule has 3 nitrogen and oxygen atoms in total. The molecule has 1 aliphatic rings. The van der Waals surface area contributed by atoms with E-state index in [9.17, 15) is 9.18 Å². The normalized spacial score (nSPS) is 30.0. The molecule has 0 radical (unpaired) electrons. The van der Waals surface area contributed by atoms with Crippen molar-refractivity contribution in [1.29, 1.82) is 0 Å². The molecule has 3 unspecified atom stereocenters. The average molecular weight is 278 g/mol. The van der Waals surface area contributed by atoms with E-state index in [1.807, 2.05) is 19.9 Å². The van der Waals surface area contributed by atoms with Crippen LogP contribution in [0.1, 0.15) is 38.7 Å². The number of anilines is 1. The van der Waals surface area contributed by atoms with Gasteiger partial charge in [0.05, 0.1) is 0 Å². The highest BCUT2D eigenvalue weighted by molar-refractivity contribution is 5.88. The molecular weight excluding hydrogens is 255 g/mol. The number of rotatable bonds is 3. The Balaban J connectivity index is 2.36. The van der Waals surface area contributed by atoms with Crippen LogP contribution >= 0.6 is 0 Å². The molecule has 110 valence electrons. The van der Waals surface area contributed by atoms with E-state index in [1.54, 1.807) is 0 Å². The maximum atomic E-state index is 13.5. The number of amides is 1. The summed E-state index contributed by atoms with van der Waals surface area (Å²) in [5, 5.41) is 3.24. The fraction of sp³-hybridized carbons (Fsp3) is 0.562. The molecular formula is C16H23FN2O. The third kappa shape index (κ3) is 2.65. The van der Waals surface area contributed by atoms with Gasteiger partial charge in [0.2, 0.25) is 5.91 Å². The van der Waals surface area contributed by atoms with Crippen molar-refractivity contribution in [2.75, 3.05) is 5.32 Å². The van der Waals surface area contributed by atoms with Crippen molar-refractivity contribution in [1.82, 2.24) is 0 Å². The van der Waals surface area contributed by atoms with Gasteiger partial charge in [0, 0.05) is 5.69 Å². The molecule has 3 atom stereocenters. The van der Waals surface area contributed by atoms with Crippen molar-refractivity contribution in [2.24, 2.45) is 17.6 Å². The van der Waals surface area contributed by atoms with Crippen molar-refractivity contribution in [3.05, 3.63) is 29.6 Å². The Morgan fingerprint density at radius 3 is 2.70 bits per heavy atom. The second-order valence-corrected chi connectivity index (χ2v) is 6.14. The first-order chi connectivity index (χ1) is 9.35. The molecule has 4 heteroatoms. The summed E-state index contributed by atoms with van der Waals surface area (Å²) >= 11 is 0. The topological polar surface area (TPSA) is 55.1 Å². The van der Waals surface area contributed by atoms with Gasteiger partial charge in [-0.15, -0.1) is 0 Å². The van der Waals surface area contributed by atoms with E-state index in [0.717, 1.165) is 18.4 Å². The molecule has 0 saturated heterocycles. The summed E-state index contributed by atoms with van der Waals surface area (Å²) in [6, 6.07) is 4.73. The van der Waals surface area contributed by atoms with Crippen molar-refractivity contribution in [3.8, 4) is 0 Å². The van der Waals surface area contributed by atoms with Crippen LogP contribution in [-0.4, -0.2) is 11.4 Å². The molecule has 1 aromatic carbocycles. The van der Waals surface area contributed by atoms with Gasteiger partial charge in [-0.2, -0.15) is 0 Å². The zero-order valence-electron chi connectivity index (χ0n) is 12.4. The number of carbonyl (C=O) groups is 1. The lowest BCUT2D eigenvalue weighted by molar-refractivity contribution is -0.125. The van der Waals surface area contributed by atoms with Gasteiger partial charge < -0.3 is 11.1 Å². The molecule has 1 aliphatic carbocycles. The summed E-state index contributed by atoms with van der Waals surface area (Å²) in [7, 11) is 0. The summed E-state index contributed by atoms with van der Waals surface area (Å²) in [4.78, 5) is 12.1. The zero-order chi connectivity index (χ0) is 14.9. The second kappa shape index (κ2) is 5.43. The van der Waals surface area contributed by atoms with Crippen molar-refractivity contribution >= 4 is 11.6 Å².